The fourth-order valence-corrected chi connectivity index (χ4v) is 2.10. The summed E-state index contributed by atoms with van der Waals surface area (Å²) in [5.41, 5.74) is 0.584. The van der Waals surface area contributed by atoms with E-state index in [4.69, 9.17) is 4.74 Å². The van der Waals surface area contributed by atoms with Crippen LogP contribution in [0.5, 0.6) is 5.75 Å². The van der Waals surface area contributed by atoms with E-state index in [9.17, 15) is 4.79 Å². The SMILES string of the molecule is CCCCCCOc1ccc2cc([C]=O)ccc2c1. The van der Waals surface area contributed by atoms with Crippen molar-refractivity contribution in [3.8, 4) is 5.75 Å². The molecule has 0 heterocycles. The topological polar surface area (TPSA) is 26.3 Å². The number of ether oxygens (including phenoxy) is 1. The van der Waals surface area contributed by atoms with E-state index in [1.54, 1.807) is 6.07 Å². The predicted octanol–water partition coefficient (Wildman–Crippen LogP) is 4.26. The molecule has 0 aliphatic rings. The first kappa shape index (κ1) is 13.6. The van der Waals surface area contributed by atoms with Crippen LogP contribution < -0.4 is 4.74 Å². The zero-order valence-corrected chi connectivity index (χ0v) is 11.3. The smallest absolute Gasteiger partial charge is 0.233 e. The average Bonchev–Trinajstić information content (AvgIpc) is 2.46. The standard InChI is InChI=1S/C17H19O2/c1-2-3-4-5-10-19-17-9-8-15-11-14(13-18)6-7-16(15)12-17/h6-9,11-12H,2-5,10H2,1H3. The van der Waals surface area contributed by atoms with Crippen LogP contribution in [-0.4, -0.2) is 12.9 Å². The molecule has 0 aliphatic carbocycles. The number of unbranched alkanes of at least 4 members (excludes halogenated alkanes) is 3. The minimum absolute atomic E-state index is 0.584. The van der Waals surface area contributed by atoms with E-state index in [2.05, 4.69) is 6.92 Å². The predicted molar refractivity (Wildman–Crippen MR) is 78.4 cm³/mol. The molecule has 0 aromatic heterocycles. The Bertz CT molecular complexity index is 546. The van der Waals surface area contributed by atoms with Crippen LogP contribution in [0.2, 0.25) is 0 Å². The first-order chi connectivity index (χ1) is 9.33. The molecule has 0 unspecified atom stereocenters. The van der Waals surface area contributed by atoms with Crippen LogP contribution in [0.15, 0.2) is 36.4 Å². The first-order valence-corrected chi connectivity index (χ1v) is 6.88. The van der Waals surface area contributed by atoms with Gasteiger partial charge in [-0.25, -0.2) is 0 Å². The molecule has 0 fully saturated rings. The lowest BCUT2D eigenvalue weighted by Gasteiger charge is -2.07. The van der Waals surface area contributed by atoms with Crippen LogP contribution >= 0.6 is 0 Å². The molecular weight excluding hydrogens is 236 g/mol. The Morgan fingerprint density at radius 1 is 1.00 bits per heavy atom. The highest BCUT2D eigenvalue weighted by molar-refractivity contribution is 5.89. The molecule has 2 nitrogen and oxygen atoms in total. The van der Waals surface area contributed by atoms with E-state index >= 15 is 0 Å². The monoisotopic (exact) mass is 255 g/mol. The van der Waals surface area contributed by atoms with E-state index in [1.165, 1.54) is 19.3 Å². The van der Waals surface area contributed by atoms with E-state index in [0.29, 0.717) is 5.56 Å². The maximum atomic E-state index is 10.6. The molecule has 1 radical (unpaired) electrons. The third kappa shape index (κ3) is 3.82. The van der Waals surface area contributed by atoms with Gasteiger partial charge in [-0.1, -0.05) is 44.4 Å². The highest BCUT2D eigenvalue weighted by Gasteiger charge is 1.99. The van der Waals surface area contributed by atoms with Gasteiger partial charge in [-0.05, 0) is 35.4 Å². The van der Waals surface area contributed by atoms with Crippen LogP contribution in [0.3, 0.4) is 0 Å². The summed E-state index contributed by atoms with van der Waals surface area (Å²) < 4.78 is 5.74. The fourth-order valence-electron chi connectivity index (χ4n) is 2.10. The molecule has 0 saturated heterocycles. The van der Waals surface area contributed by atoms with Crippen molar-refractivity contribution in [3.63, 3.8) is 0 Å². The average molecular weight is 255 g/mol. The number of hydrogen-bond donors (Lipinski definition) is 0. The fraction of sp³-hybridized carbons (Fsp3) is 0.353. The highest BCUT2D eigenvalue weighted by atomic mass is 16.5. The third-order valence-corrected chi connectivity index (χ3v) is 3.20. The molecular formula is C17H19O2. The molecule has 2 heteroatoms. The van der Waals surface area contributed by atoms with Gasteiger partial charge in [0.1, 0.15) is 5.75 Å². The zero-order valence-electron chi connectivity index (χ0n) is 11.3. The summed E-state index contributed by atoms with van der Waals surface area (Å²) in [7, 11) is 0. The van der Waals surface area contributed by atoms with Crippen LogP contribution in [0.4, 0.5) is 0 Å². The maximum absolute atomic E-state index is 10.6. The van der Waals surface area contributed by atoms with Crippen molar-refractivity contribution in [2.45, 2.75) is 32.6 Å². The van der Waals surface area contributed by atoms with Gasteiger partial charge < -0.3 is 4.74 Å². The highest BCUT2D eigenvalue weighted by Crippen LogP contribution is 2.22. The summed E-state index contributed by atoms with van der Waals surface area (Å²) in [6, 6.07) is 11.5. The van der Waals surface area contributed by atoms with Crippen molar-refractivity contribution in [2.24, 2.45) is 0 Å². The van der Waals surface area contributed by atoms with Crippen molar-refractivity contribution in [2.75, 3.05) is 6.61 Å². The molecule has 0 aliphatic heterocycles. The quantitative estimate of drug-likeness (QED) is 0.691. The maximum Gasteiger partial charge on any atom is 0.233 e. The van der Waals surface area contributed by atoms with E-state index in [1.807, 2.05) is 36.6 Å². The Morgan fingerprint density at radius 2 is 1.79 bits per heavy atom. The Hall–Kier alpha value is -1.83. The van der Waals surface area contributed by atoms with Gasteiger partial charge in [-0.15, -0.1) is 0 Å². The van der Waals surface area contributed by atoms with Crippen molar-refractivity contribution in [1.82, 2.24) is 0 Å². The van der Waals surface area contributed by atoms with Crippen molar-refractivity contribution >= 4 is 17.1 Å². The van der Waals surface area contributed by atoms with Crippen LogP contribution in [0.1, 0.15) is 38.2 Å². The first-order valence-electron chi connectivity index (χ1n) is 6.88. The lowest BCUT2D eigenvalue weighted by molar-refractivity contribution is 0.305. The summed E-state index contributed by atoms with van der Waals surface area (Å²) in [5.74, 6) is 0.895. The molecule has 19 heavy (non-hydrogen) atoms. The summed E-state index contributed by atoms with van der Waals surface area (Å²) in [6.45, 7) is 2.97. The summed E-state index contributed by atoms with van der Waals surface area (Å²) in [5, 5.41) is 2.13. The lowest BCUT2D eigenvalue weighted by atomic mass is 10.1. The number of rotatable bonds is 7. The normalized spacial score (nSPS) is 10.6. The van der Waals surface area contributed by atoms with Gasteiger partial charge in [0.25, 0.3) is 0 Å². The molecule has 0 bridgehead atoms. The minimum Gasteiger partial charge on any atom is -0.494 e. The van der Waals surface area contributed by atoms with Crippen LogP contribution in [0, 0.1) is 0 Å². The largest absolute Gasteiger partial charge is 0.494 e. The Morgan fingerprint density at radius 3 is 2.58 bits per heavy atom. The van der Waals surface area contributed by atoms with Crippen LogP contribution in [-0.2, 0) is 4.79 Å². The molecule has 2 rings (SSSR count). The van der Waals surface area contributed by atoms with Gasteiger partial charge in [-0.3, -0.25) is 4.79 Å². The van der Waals surface area contributed by atoms with Crippen LogP contribution in [0.25, 0.3) is 10.8 Å². The second kappa shape index (κ2) is 6.93. The molecule has 0 saturated carbocycles. The van der Waals surface area contributed by atoms with Crippen molar-refractivity contribution in [3.05, 3.63) is 42.0 Å². The van der Waals surface area contributed by atoms with Crippen molar-refractivity contribution < 1.29 is 9.53 Å². The second-order valence-electron chi connectivity index (χ2n) is 4.73. The van der Waals surface area contributed by atoms with Gasteiger partial charge in [0.05, 0.1) is 6.61 Å². The summed E-state index contributed by atoms with van der Waals surface area (Å²) in [6.07, 6.45) is 6.75. The van der Waals surface area contributed by atoms with Gasteiger partial charge in [0, 0.05) is 5.56 Å². The van der Waals surface area contributed by atoms with E-state index in [-0.39, 0.29) is 0 Å². The molecule has 2 aromatic rings. The van der Waals surface area contributed by atoms with Crippen molar-refractivity contribution in [1.29, 1.82) is 0 Å². The molecule has 0 atom stereocenters. The Balaban J connectivity index is 1.99. The van der Waals surface area contributed by atoms with Gasteiger partial charge in [0.15, 0.2) is 0 Å². The molecule has 0 spiro atoms. The molecule has 99 valence electrons. The van der Waals surface area contributed by atoms with Gasteiger partial charge >= 0.3 is 0 Å². The molecule has 0 N–H and O–H groups in total. The Kier molecular flexibility index (Phi) is 4.96. The summed E-state index contributed by atoms with van der Waals surface area (Å²) >= 11 is 0. The number of fused-ring (bicyclic) bond motifs is 1. The Labute approximate surface area is 114 Å². The molecule has 2 aromatic carbocycles. The van der Waals surface area contributed by atoms with Gasteiger partial charge in [0.2, 0.25) is 6.29 Å². The van der Waals surface area contributed by atoms with E-state index in [0.717, 1.165) is 29.5 Å². The second-order valence-corrected chi connectivity index (χ2v) is 4.73. The summed E-state index contributed by atoms with van der Waals surface area (Å²) in [4.78, 5) is 10.6. The van der Waals surface area contributed by atoms with E-state index < -0.39 is 0 Å². The number of hydrogen-bond acceptors (Lipinski definition) is 2. The zero-order chi connectivity index (χ0) is 13.5. The third-order valence-electron chi connectivity index (χ3n) is 3.20. The lowest BCUT2D eigenvalue weighted by Crippen LogP contribution is -1.97. The number of carbonyl (C=O) groups excluding carboxylic acids is 1. The minimum atomic E-state index is 0.584. The van der Waals surface area contributed by atoms with Gasteiger partial charge in [-0.2, -0.15) is 0 Å². The number of benzene rings is 2. The molecule has 0 amide bonds.